The fraction of sp³-hybridized carbons (Fsp3) is 0.455. The van der Waals surface area contributed by atoms with E-state index in [1.54, 1.807) is 18.0 Å². The van der Waals surface area contributed by atoms with E-state index in [2.05, 4.69) is 9.97 Å². The molecule has 0 spiro atoms. The molecule has 1 aromatic carbocycles. The minimum Gasteiger partial charge on any atom is -0.466 e. The molecule has 1 amide bonds. The maximum atomic E-state index is 13.2. The van der Waals surface area contributed by atoms with E-state index in [4.69, 9.17) is 4.74 Å². The molecule has 0 N–H and O–H groups in total. The van der Waals surface area contributed by atoms with Crippen molar-refractivity contribution in [3.63, 3.8) is 0 Å². The molecular weight excluding hydrogens is 368 g/mol. The fourth-order valence-corrected chi connectivity index (χ4v) is 3.57. The lowest BCUT2D eigenvalue weighted by Gasteiger charge is -2.32. The summed E-state index contributed by atoms with van der Waals surface area (Å²) in [7, 11) is 3.72. The molecule has 7 nitrogen and oxygen atoms in total. The Morgan fingerprint density at radius 2 is 2.10 bits per heavy atom. The van der Waals surface area contributed by atoms with Crippen LogP contribution in [0.1, 0.15) is 35.7 Å². The van der Waals surface area contributed by atoms with Crippen LogP contribution in [0.4, 0.5) is 5.82 Å². The normalized spacial score (nSPS) is 16.4. The topological polar surface area (TPSA) is 75.6 Å². The number of benzene rings is 1. The Bertz CT molecular complexity index is 897. The number of amides is 1. The van der Waals surface area contributed by atoms with Gasteiger partial charge in [-0.3, -0.25) is 9.59 Å². The van der Waals surface area contributed by atoms with Gasteiger partial charge in [-0.25, -0.2) is 9.97 Å². The monoisotopic (exact) mass is 396 g/mol. The number of likely N-dealkylation sites (tertiary alicyclic amines) is 1. The molecule has 7 heteroatoms. The van der Waals surface area contributed by atoms with E-state index < -0.39 is 0 Å². The molecule has 0 unspecified atom stereocenters. The Balaban J connectivity index is 1.87. The highest BCUT2D eigenvalue weighted by Crippen LogP contribution is 2.25. The lowest BCUT2D eigenvalue weighted by Crippen LogP contribution is -2.43. The van der Waals surface area contributed by atoms with Crippen molar-refractivity contribution >= 4 is 17.7 Å². The average molecular weight is 396 g/mol. The first-order chi connectivity index (χ1) is 13.9. The lowest BCUT2D eigenvalue weighted by atomic mass is 9.97. The van der Waals surface area contributed by atoms with Gasteiger partial charge in [0.15, 0.2) is 5.82 Å². The number of ether oxygens (including phenoxy) is 1. The van der Waals surface area contributed by atoms with E-state index in [1.165, 1.54) is 0 Å². The smallest absolute Gasteiger partial charge is 0.310 e. The summed E-state index contributed by atoms with van der Waals surface area (Å²) in [5.41, 5.74) is 2.47. The van der Waals surface area contributed by atoms with E-state index in [-0.39, 0.29) is 17.8 Å². The predicted octanol–water partition coefficient (Wildman–Crippen LogP) is 2.93. The van der Waals surface area contributed by atoms with Crippen molar-refractivity contribution in [2.45, 2.75) is 26.7 Å². The van der Waals surface area contributed by atoms with Gasteiger partial charge < -0.3 is 14.5 Å². The molecule has 0 saturated carbocycles. The third-order valence-electron chi connectivity index (χ3n) is 5.03. The Morgan fingerprint density at radius 1 is 1.31 bits per heavy atom. The third kappa shape index (κ3) is 4.72. The molecule has 154 valence electrons. The predicted molar refractivity (Wildman–Crippen MR) is 112 cm³/mol. The zero-order valence-corrected chi connectivity index (χ0v) is 17.5. The van der Waals surface area contributed by atoms with Gasteiger partial charge in [0, 0.05) is 38.9 Å². The van der Waals surface area contributed by atoms with Crippen molar-refractivity contribution in [1.82, 2.24) is 14.9 Å². The highest BCUT2D eigenvalue weighted by atomic mass is 16.5. The van der Waals surface area contributed by atoms with Crippen LogP contribution in [-0.4, -0.2) is 60.5 Å². The molecule has 1 aliphatic rings. The molecule has 1 aromatic heterocycles. The minimum atomic E-state index is -0.275. The Hall–Kier alpha value is -2.96. The second kappa shape index (κ2) is 9.03. The van der Waals surface area contributed by atoms with E-state index in [0.29, 0.717) is 36.9 Å². The van der Waals surface area contributed by atoms with Crippen molar-refractivity contribution in [2.24, 2.45) is 5.92 Å². The summed E-state index contributed by atoms with van der Waals surface area (Å²) in [6, 6.07) is 7.96. The second-order valence-electron chi connectivity index (χ2n) is 7.54. The first-order valence-electron chi connectivity index (χ1n) is 9.98. The summed E-state index contributed by atoms with van der Waals surface area (Å²) >= 11 is 0. The SMILES string of the molecule is CCOC(=O)[C@@H]1CCCN(C(=O)c2cnc(-c3cccc(C)c3)nc2N(C)C)C1. The van der Waals surface area contributed by atoms with E-state index in [0.717, 1.165) is 24.0 Å². The first kappa shape index (κ1) is 20.8. The third-order valence-corrected chi connectivity index (χ3v) is 5.03. The van der Waals surface area contributed by atoms with Gasteiger partial charge in [0.25, 0.3) is 5.91 Å². The van der Waals surface area contributed by atoms with Crippen LogP contribution in [0.25, 0.3) is 11.4 Å². The standard InChI is InChI=1S/C22H28N4O3/c1-5-29-22(28)17-10-7-11-26(14-17)21(27)18-13-23-19(24-20(18)25(3)4)16-9-6-8-15(2)12-16/h6,8-9,12-13,17H,5,7,10-11,14H2,1-4H3/t17-/m1/s1. The molecule has 2 aromatic rings. The van der Waals surface area contributed by atoms with Gasteiger partial charge in [-0.05, 0) is 32.8 Å². The molecule has 0 radical (unpaired) electrons. The summed E-state index contributed by atoms with van der Waals surface area (Å²) in [5, 5.41) is 0. The van der Waals surface area contributed by atoms with E-state index >= 15 is 0 Å². The van der Waals surface area contributed by atoms with Gasteiger partial charge in [-0.15, -0.1) is 0 Å². The molecule has 1 aliphatic heterocycles. The van der Waals surface area contributed by atoms with Gasteiger partial charge in [0.05, 0.1) is 12.5 Å². The largest absolute Gasteiger partial charge is 0.466 e. The van der Waals surface area contributed by atoms with Crippen LogP contribution in [0.5, 0.6) is 0 Å². The zero-order valence-electron chi connectivity index (χ0n) is 17.5. The van der Waals surface area contributed by atoms with Crippen LogP contribution in [0.3, 0.4) is 0 Å². The quantitative estimate of drug-likeness (QED) is 0.724. The van der Waals surface area contributed by atoms with Crippen LogP contribution in [0, 0.1) is 12.8 Å². The zero-order chi connectivity index (χ0) is 21.0. The van der Waals surface area contributed by atoms with Crippen LogP contribution in [-0.2, 0) is 9.53 Å². The summed E-state index contributed by atoms with van der Waals surface area (Å²) in [6.07, 6.45) is 3.11. The first-order valence-corrected chi connectivity index (χ1v) is 9.98. The van der Waals surface area contributed by atoms with Crippen molar-refractivity contribution in [3.05, 3.63) is 41.6 Å². The summed E-state index contributed by atoms with van der Waals surface area (Å²) in [4.78, 5) is 38.0. The molecule has 1 fully saturated rings. The van der Waals surface area contributed by atoms with Gasteiger partial charge >= 0.3 is 5.97 Å². The van der Waals surface area contributed by atoms with Crippen LogP contribution in [0.15, 0.2) is 30.5 Å². The Morgan fingerprint density at radius 3 is 2.79 bits per heavy atom. The Kier molecular flexibility index (Phi) is 6.46. The maximum Gasteiger partial charge on any atom is 0.310 e. The molecule has 1 atom stereocenters. The number of carbonyl (C=O) groups is 2. The number of hydrogen-bond acceptors (Lipinski definition) is 6. The minimum absolute atomic E-state index is 0.154. The lowest BCUT2D eigenvalue weighted by molar-refractivity contribution is -0.149. The number of esters is 1. The highest BCUT2D eigenvalue weighted by molar-refractivity contribution is 5.99. The van der Waals surface area contributed by atoms with Crippen molar-refractivity contribution < 1.29 is 14.3 Å². The van der Waals surface area contributed by atoms with Crippen molar-refractivity contribution in [2.75, 3.05) is 38.7 Å². The van der Waals surface area contributed by atoms with Gasteiger partial charge in [-0.1, -0.05) is 23.8 Å². The maximum absolute atomic E-state index is 13.2. The van der Waals surface area contributed by atoms with Gasteiger partial charge in [0.1, 0.15) is 11.4 Å². The van der Waals surface area contributed by atoms with Gasteiger partial charge in [-0.2, -0.15) is 0 Å². The highest BCUT2D eigenvalue weighted by Gasteiger charge is 2.31. The summed E-state index contributed by atoms with van der Waals surface area (Å²) in [5.74, 6) is 0.488. The van der Waals surface area contributed by atoms with Crippen LogP contribution < -0.4 is 4.90 Å². The number of aromatic nitrogens is 2. The van der Waals surface area contributed by atoms with Gasteiger partial charge in [0.2, 0.25) is 0 Å². The molecule has 0 bridgehead atoms. The molecule has 1 saturated heterocycles. The van der Waals surface area contributed by atoms with E-state index in [1.807, 2.05) is 50.2 Å². The molecular formula is C22H28N4O3. The van der Waals surface area contributed by atoms with E-state index in [9.17, 15) is 9.59 Å². The van der Waals surface area contributed by atoms with Crippen molar-refractivity contribution in [1.29, 1.82) is 0 Å². The Labute approximate surface area is 171 Å². The number of carbonyl (C=O) groups excluding carboxylic acids is 2. The molecule has 0 aliphatic carbocycles. The summed E-state index contributed by atoms with van der Waals surface area (Å²) < 4.78 is 5.14. The number of rotatable bonds is 5. The van der Waals surface area contributed by atoms with Crippen LogP contribution >= 0.6 is 0 Å². The number of piperidine rings is 1. The number of anilines is 1. The summed E-state index contributed by atoms with van der Waals surface area (Å²) in [6.45, 7) is 5.14. The fourth-order valence-electron chi connectivity index (χ4n) is 3.57. The number of nitrogens with zero attached hydrogens (tertiary/aromatic N) is 4. The molecule has 3 rings (SSSR count). The number of aryl methyl sites for hydroxylation is 1. The van der Waals surface area contributed by atoms with Crippen molar-refractivity contribution in [3.8, 4) is 11.4 Å². The number of hydrogen-bond donors (Lipinski definition) is 0. The second-order valence-corrected chi connectivity index (χ2v) is 7.54. The molecule has 2 heterocycles. The molecule has 29 heavy (non-hydrogen) atoms. The average Bonchev–Trinajstić information content (AvgIpc) is 2.73. The van der Waals surface area contributed by atoms with Crippen LogP contribution in [0.2, 0.25) is 0 Å².